The third-order valence-electron chi connectivity index (χ3n) is 9.40. The molecule has 0 unspecified atom stereocenters. The summed E-state index contributed by atoms with van der Waals surface area (Å²) in [5, 5.41) is 8.12. The van der Waals surface area contributed by atoms with Crippen LogP contribution in [0.15, 0.2) is 73.1 Å². The second kappa shape index (κ2) is 14.0. The molecule has 0 atom stereocenters. The number of rotatable bonds is 9. The van der Waals surface area contributed by atoms with Gasteiger partial charge >= 0.3 is 0 Å². The Balaban J connectivity index is 1.21. The molecule has 0 bridgehead atoms. The fourth-order valence-corrected chi connectivity index (χ4v) is 6.81. The minimum atomic E-state index is -0.553. The largest absolute Gasteiger partial charge is 0.496 e. The van der Waals surface area contributed by atoms with Gasteiger partial charge in [-0.3, -0.25) is 14.3 Å². The Morgan fingerprint density at radius 2 is 1.68 bits per heavy atom. The van der Waals surface area contributed by atoms with Gasteiger partial charge in [0.25, 0.3) is 5.91 Å². The molecule has 0 saturated carbocycles. The number of H-pyrrole nitrogens is 1. The van der Waals surface area contributed by atoms with Gasteiger partial charge in [0.05, 0.1) is 38.2 Å². The van der Waals surface area contributed by atoms with E-state index in [1.165, 1.54) is 25.3 Å². The average Bonchev–Trinajstić information content (AvgIpc) is 3.85. The zero-order valence-electron chi connectivity index (χ0n) is 27.9. The fraction of sp³-hybridized carbons (Fsp3) is 0.297. The van der Waals surface area contributed by atoms with Crippen molar-refractivity contribution in [3.05, 3.63) is 96.0 Å². The molecule has 1 saturated heterocycles. The minimum absolute atomic E-state index is 0.0850. The Morgan fingerprint density at radius 1 is 0.880 bits per heavy atom. The Bertz CT molecular complexity index is 2070. The first kappa shape index (κ1) is 32.8. The first-order chi connectivity index (χ1) is 24.3. The molecular weight excluding hydrogens is 644 g/mol. The van der Waals surface area contributed by atoms with Crippen LogP contribution in [0, 0.1) is 11.6 Å². The Labute approximate surface area is 287 Å². The van der Waals surface area contributed by atoms with Gasteiger partial charge in [0, 0.05) is 68.4 Å². The van der Waals surface area contributed by atoms with Crippen molar-refractivity contribution in [2.24, 2.45) is 0 Å². The summed E-state index contributed by atoms with van der Waals surface area (Å²) in [5.74, 6) is -0.225. The number of benzene rings is 3. The molecule has 13 heteroatoms. The molecule has 0 spiro atoms. The second-order valence-corrected chi connectivity index (χ2v) is 12.3. The number of amides is 2. The number of hydrogen-bond acceptors (Lipinski definition) is 7. The van der Waals surface area contributed by atoms with E-state index in [-0.39, 0.29) is 41.6 Å². The number of anilines is 1. The smallest absolute Gasteiger partial charge is 0.270 e. The maximum absolute atomic E-state index is 16.7. The number of carbonyl (C=O) groups excluding carboxylic acids is 2. The van der Waals surface area contributed by atoms with Crippen LogP contribution in [-0.4, -0.2) is 95.1 Å². The summed E-state index contributed by atoms with van der Waals surface area (Å²) in [6.07, 6.45) is 5.93. The number of aryl methyl sites for hydroxylation is 1. The fourth-order valence-electron chi connectivity index (χ4n) is 6.81. The van der Waals surface area contributed by atoms with Crippen molar-refractivity contribution in [1.82, 2.24) is 29.8 Å². The molecule has 0 aliphatic carbocycles. The van der Waals surface area contributed by atoms with E-state index < -0.39 is 11.6 Å². The maximum Gasteiger partial charge on any atom is 0.270 e. The Morgan fingerprint density at radius 3 is 2.44 bits per heavy atom. The molecule has 1 fully saturated rings. The topological polar surface area (TPSA) is 109 Å². The molecule has 2 amide bonds. The molecule has 7 rings (SSSR count). The molecule has 2 aromatic heterocycles. The molecule has 0 radical (unpaired) electrons. The molecule has 2 aliphatic heterocycles. The number of halogens is 2. The van der Waals surface area contributed by atoms with Gasteiger partial charge in [-0.2, -0.15) is 0 Å². The molecule has 4 heterocycles. The van der Waals surface area contributed by atoms with E-state index in [9.17, 15) is 14.0 Å². The molecule has 2 aliphatic rings. The van der Waals surface area contributed by atoms with Crippen LogP contribution >= 0.6 is 0 Å². The summed E-state index contributed by atoms with van der Waals surface area (Å²) >= 11 is 0. The summed E-state index contributed by atoms with van der Waals surface area (Å²) in [5.41, 5.74) is 3.11. The van der Waals surface area contributed by atoms with Crippen LogP contribution in [0.5, 0.6) is 11.5 Å². The summed E-state index contributed by atoms with van der Waals surface area (Å²) in [4.78, 5) is 35.8. The van der Waals surface area contributed by atoms with Crippen LogP contribution in [-0.2, 0) is 11.3 Å². The highest BCUT2D eigenvalue weighted by molar-refractivity contribution is 6.05. The Kier molecular flexibility index (Phi) is 9.20. The van der Waals surface area contributed by atoms with Gasteiger partial charge in [0.1, 0.15) is 23.0 Å². The van der Waals surface area contributed by atoms with Crippen LogP contribution in [0.25, 0.3) is 27.6 Å². The second-order valence-electron chi connectivity index (χ2n) is 12.3. The predicted molar refractivity (Wildman–Crippen MR) is 185 cm³/mol. The van der Waals surface area contributed by atoms with Crippen LogP contribution in [0.4, 0.5) is 14.5 Å². The van der Waals surface area contributed by atoms with Gasteiger partial charge in [-0.15, -0.1) is 5.10 Å². The van der Waals surface area contributed by atoms with Crippen molar-refractivity contribution >= 4 is 34.0 Å². The number of hydrogen-bond donors (Lipinski definition) is 1. The van der Waals surface area contributed by atoms with E-state index in [1.54, 1.807) is 46.1 Å². The number of aromatic amines is 1. The Hall–Kier alpha value is -5.72. The first-order valence-corrected chi connectivity index (χ1v) is 16.5. The SMILES string of the molecule is COc1ccc(F)cc1-c1cc(C2=CCCN(C(=O)CCn3ccnn3)C2)c(F)c2[nH]c(C(=O)N3CCN(c4ccccc4OC)CC3)cc12. The monoisotopic (exact) mass is 681 g/mol. The zero-order valence-corrected chi connectivity index (χ0v) is 27.9. The van der Waals surface area contributed by atoms with Crippen molar-refractivity contribution in [2.45, 2.75) is 19.4 Å². The minimum Gasteiger partial charge on any atom is -0.496 e. The van der Waals surface area contributed by atoms with Gasteiger partial charge in [-0.25, -0.2) is 8.78 Å². The standard InChI is InChI=1S/C37H37F2N7O4/c1-49-32-10-9-25(38)20-28(32)27-21-26(24-6-5-13-45(23-24)34(47)11-14-46-15-12-40-42-46)35(39)36-29(27)22-30(41-36)37(48)44-18-16-43(17-19-44)31-7-3-4-8-33(31)50-2/h3-4,6-10,12,15,20-22,41H,5,11,13-14,16-19,23H2,1-2H3. The summed E-state index contributed by atoms with van der Waals surface area (Å²) in [7, 11) is 3.12. The van der Waals surface area contributed by atoms with E-state index in [4.69, 9.17) is 9.47 Å². The van der Waals surface area contributed by atoms with Crippen LogP contribution in [0.3, 0.4) is 0 Å². The number of para-hydroxylation sites is 2. The van der Waals surface area contributed by atoms with Crippen LogP contribution in [0.2, 0.25) is 0 Å². The lowest BCUT2D eigenvalue weighted by molar-refractivity contribution is -0.131. The highest BCUT2D eigenvalue weighted by Crippen LogP contribution is 2.40. The number of fused-ring (bicyclic) bond motifs is 1. The number of carbonyl (C=O) groups is 2. The summed E-state index contributed by atoms with van der Waals surface area (Å²) in [6, 6.07) is 15.2. The maximum atomic E-state index is 16.7. The van der Waals surface area contributed by atoms with E-state index >= 15 is 4.39 Å². The number of nitrogens with one attached hydrogen (secondary N) is 1. The third kappa shape index (κ3) is 6.38. The lowest BCUT2D eigenvalue weighted by Crippen LogP contribution is -2.49. The lowest BCUT2D eigenvalue weighted by atomic mass is 9.92. The van der Waals surface area contributed by atoms with Crippen molar-refractivity contribution in [3.63, 3.8) is 0 Å². The van der Waals surface area contributed by atoms with Crippen molar-refractivity contribution < 1.29 is 27.8 Å². The molecule has 3 aromatic carbocycles. The normalized spacial score (nSPS) is 15.0. The zero-order chi connectivity index (χ0) is 34.8. The molecule has 11 nitrogen and oxygen atoms in total. The molecule has 50 heavy (non-hydrogen) atoms. The average molecular weight is 682 g/mol. The highest BCUT2D eigenvalue weighted by atomic mass is 19.1. The highest BCUT2D eigenvalue weighted by Gasteiger charge is 2.28. The van der Waals surface area contributed by atoms with Gasteiger partial charge in [0.2, 0.25) is 5.91 Å². The van der Waals surface area contributed by atoms with E-state index in [0.29, 0.717) is 73.5 Å². The number of ether oxygens (including phenoxy) is 2. The van der Waals surface area contributed by atoms with Crippen LogP contribution in [0.1, 0.15) is 28.9 Å². The first-order valence-electron chi connectivity index (χ1n) is 16.5. The predicted octanol–water partition coefficient (Wildman–Crippen LogP) is 5.39. The summed E-state index contributed by atoms with van der Waals surface area (Å²) < 4.78 is 44.1. The van der Waals surface area contributed by atoms with Crippen molar-refractivity contribution in [2.75, 3.05) is 58.4 Å². The van der Waals surface area contributed by atoms with E-state index in [1.807, 2.05) is 30.3 Å². The summed E-state index contributed by atoms with van der Waals surface area (Å²) in [6.45, 7) is 3.18. The van der Waals surface area contributed by atoms with Crippen LogP contribution < -0.4 is 14.4 Å². The number of nitrogens with zero attached hydrogens (tertiary/aromatic N) is 6. The van der Waals surface area contributed by atoms with E-state index in [2.05, 4.69) is 20.2 Å². The number of piperazine rings is 1. The van der Waals surface area contributed by atoms with Gasteiger partial charge < -0.3 is 29.2 Å². The quantitative estimate of drug-likeness (QED) is 0.222. The van der Waals surface area contributed by atoms with Gasteiger partial charge in [-0.1, -0.05) is 23.4 Å². The van der Waals surface area contributed by atoms with Gasteiger partial charge in [-0.05, 0) is 60.0 Å². The van der Waals surface area contributed by atoms with Crippen molar-refractivity contribution in [3.8, 4) is 22.6 Å². The van der Waals surface area contributed by atoms with Crippen molar-refractivity contribution in [1.29, 1.82) is 0 Å². The molecule has 5 aromatic rings. The molecule has 1 N–H and O–H groups in total. The van der Waals surface area contributed by atoms with E-state index in [0.717, 1.165) is 11.4 Å². The molecular formula is C37H37F2N7O4. The lowest BCUT2D eigenvalue weighted by Gasteiger charge is -2.36. The molecule has 258 valence electrons. The third-order valence-corrected chi connectivity index (χ3v) is 9.40. The van der Waals surface area contributed by atoms with Gasteiger partial charge in [0.15, 0.2) is 5.82 Å². The number of methoxy groups -OCH3 is 2. The number of aromatic nitrogens is 4.